The summed E-state index contributed by atoms with van der Waals surface area (Å²) in [4.78, 5) is 0. The summed E-state index contributed by atoms with van der Waals surface area (Å²) in [5, 5.41) is 0. The van der Waals surface area contributed by atoms with Crippen molar-refractivity contribution in [2.75, 3.05) is 11.5 Å². The predicted molar refractivity (Wildman–Crippen MR) is 123 cm³/mol. The number of rotatable bonds is 7. The highest BCUT2D eigenvalue weighted by molar-refractivity contribution is 5.78. The highest BCUT2D eigenvalue weighted by Gasteiger charge is 2.11. The summed E-state index contributed by atoms with van der Waals surface area (Å²) in [7, 11) is 0. The molecule has 0 bridgehead atoms. The number of hydrogen-bond donors (Lipinski definition) is 2. The zero-order valence-corrected chi connectivity index (χ0v) is 17.4. The monoisotopic (exact) mass is 372 g/mol. The van der Waals surface area contributed by atoms with Crippen LogP contribution in [0, 0.1) is 13.8 Å². The van der Waals surface area contributed by atoms with Gasteiger partial charge < -0.3 is 11.5 Å². The van der Waals surface area contributed by atoms with Gasteiger partial charge in [-0.05, 0) is 89.9 Å². The molecule has 0 saturated heterocycles. The minimum absolute atomic E-state index is 0.815. The fourth-order valence-electron chi connectivity index (χ4n) is 3.97. The van der Waals surface area contributed by atoms with Gasteiger partial charge in [0.2, 0.25) is 0 Å². The molecule has 2 heteroatoms. The van der Waals surface area contributed by atoms with E-state index in [1.807, 2.05) is 18.2 Å². The SMILES string of the molecule is CCCCCCc1cc(-c2ccc(N)cc2C)ccc1-c1ccc(N)cc1C. The second kappa shape index (κ2) is 8.97. The summed E-state index contributed by atoms with van der Waals surface area (Å²) in [6, 6.07) is 19.3. The summed E-state index contributed by atoms with van der Waals surface area (Å²) >= 11 is 0. The molecule has 0 atom stereocenters. The van der Waals surface area contributed by atoms with Crippen molar-refractivity contribution in [2.45, 2.75) is 52.9 Å². The summed E-state index contributed by atoms with van der Waals surface area (Å²) < 4.78 is 0. The number of unbranched alkanes of at least 4 members (excludes halogenated alkanes) is 3. The van der Waals surface area contributed by atoms with Crippen LogP contribution in [-0.2, 0) is 6.42 Å². The van der Waals surface area contributed by atoms with E-state index in [1.54, 1.807) is 0 Å². The van der Waals surface area contributed by atoms with Crippen LogP contribution in [0.5, 0.6) is 0 Å². The second-order valence-corrected chi connectivity index (χ2v) is 7.83. The van der Waals surface area contributed by atoms with Gasteiger partial charge in [0.15, 0.2) is 0 Å². The molecule has 0 aliphatic carbocycles. The molecule has 28 heavy (non-hydrogen) atoms. The van der Waals surface area contributed by atoms with E-state index in [9.17, 15) is 0 Å². The van der Waals surface area contributed by atoms with Gasteiger partial charge in [0.05, 0.1) is 0 Å². The van der Waals surface area contributed by atoms with Crippen LogP contribution < -0.4 is 11.5 Å². The molecule has 0 radical (unpaired) electrons. The maximum absolute atomic E-state index is 5.98. The quantitative estimate of drug-likeness (QED) is 0.349. The van der Waals surface area contributed by atoms with Crippen molar-refractivity contribution in [3.63, 3.8) is 0 Å². The largest absolute Gasteiger partial charge is 0.399 e. The molecule has 0 aromatic heterocycles. The Hall–Kier alpha value is -2.74. The standard InChI is InChI=1S/C26H32N2/c1-4-5-6-7-8-20-17-21(24-13-10-22(27)15-18(24)2)9-12-26(20)25-14-11-23(28)16-19(25)3/h9-17H,4-8,27-28H2,1-3H3. The molecule has 3 aromatic rings. The first-order chi connectivity index (χ1) is 13.5. The van der Waals surface area contributed by atoms with Crippen molar-refractivity contribution in [1.29, 1.82) is 0 Å². The van der Waals surface area contributed by atoms with Crippen LogP contribution in [0.4, 0.5) is 11.4 Å². The fourth-order valence-corrected chi connectivity index (χ4v) is 3.97. The Morgan fingerprint density at radius 3 is 1.86 bits per heavy atom. The molecule has 0 fully saturated rings. The van der Waals surface area contributed by atoms with Crippen LogP contribution in [0.1, 0.15) is 49.3 Å². The molecular formula is C26H32N2. The normalized spacial score (nSPS) is 11.0. The van der Waals surface area contributed by atoms with Gasteiger partial charge in [-0.1, -0.05) is 56.5 Å². The lowest BCUT2D eigenvalue weighted by molar-refractivity contribution is 0.667. The van der Waals surface area contributed by atoms with E-state index in [4.69, 9.17) is 11.5 Å². The lowest BCUT2D eigenvalue weighted by Gasteiger charge is -2.16. The molecule has 0 amide bonds. The van der Waals surface area contributed by atoms with Gasteiger partial charge in [0.1, 0.15) is 0 Å². The van der Waals surface area contributed by atoms with E-state index in [-0.39, 0.29) is 0 Å². The Labute approximate surface area is 169 Å². The van der Waals surface area contributed by atoms with Crippen LogP contribution in [0.15, 0.2) is 54.6 Å². The van der Waals surface area contributed by atoms with Crippen molar-refractivity contribution in [1.82, 2.24) is 0 Å². The molecule has 3 aromatic carbocycles. The molecule has 0 heterocycles. The summed E-state index contributed by atoms with van der Waals surface area (Å²) in [5.74, 6) is 0. The first-order valence-electron chi connectivity index (χ1n) is 10.4. The number of benzene rings is 3. The Bertz CT molecular complexity index is 957. The van der Waals surface area contributed by atoms with Crippen molar-refractivity contribution >= 4 is 11.4 Å². The molecule has 146 valence electrons. The first kappa shape index (κ1) is 20.0. The Morgan fingerprint density at radius 2 is 1.25 bits per heavy atom. The highest BCUT2D eigenvalue weighted by atomic mass is 14.5. The van der Waals surface area contributed by atoms with Crippen molar-refractivity contribution in [3.05, 3.63) is 71.3 Å². The molecule has 2 nitrogen and oxygen atoms in total. The zero-order valence-electron chi connectivity index (χ0n) is 17.4. The smallest absolute Gasteiger partial charge is 0.0317 e. The third-order valence-electron chi connectivity index (χ3n) is 5.51. The molecule has 0 saturated carbocycles. The molecular weight excluding hydrogens is 340 g/mol. The van der Waals surface area contributed by atoms with Crippen molar-refractivity contribution < 1.29 is 0 Å². The van der Waals surface area contributed by atoms with E-state index < -0.39 is 0 Å². The average Bonchev–Trinajstić information content (AvgIpc) is 2.66. The summed E-state index contributed by atoms with van der Waals surface area (Å²) in [5.41, 5.74) is 22.5. The Balaban J connectivity index is 2.03. The minimum Gasteiger partial charge on any atom is -0.399 e. The molecule has 4 N–H and O–H groups in total. The topological polar surface area (TPSA) is 52.0 Å². The van der Waals surface area contributed by atoms with Crippen molar-refractivity contribution in [3.8, 4) is 22.3 Å². The zero-order chi connectivity index (χ0) is 20.1. The summed E-state index contributed by atoms with van der Waals surface area (Å²) in [6.07, 6.45) is 6.16. The van der Waals surface area contributed by atoms with Gasteiger partial charge in [-0.15, -0.1) is 0 Å². The first-order valence-corrected chi connectivity index (χ1v) is 10.4. The summed E-state index contributed by atoms with van der Waals surface area (Å²) in [6.45, 7) is 6.53. The lowest BCUT2D eigenvalue weighted by Crippen LogP contribution is -1.96. The van der Waals surface area contributed by atoms with Gasteiger partial charge >= 0.3 is 0 Å². The number of nitrogens with two attached hydrogens (primary N) is 2. The average molecular weight is 373 g/mol. The van der Waals surface area contributed by atoms with Gasteiger partial charge in [-0.3, -0.25) is 0 Å². The van der Waals surface area contributed by atoms with E-state index in [0.717, 1.165) is 17.8 Å². The number of anilines is 2. The maximum atomic E-state index is 5.98. The second-order valence-electron chi connectivity index (χ2n) is 7.83. The number of nitrogen functional groups attached to an aromatic ring is 2. The van der Waals surface area contributed by atoms with E-state index >= 15 is 0 Å². The van der Waals surface area contributed by atoms with Gasteiger partial charge in [0.25, 0.3) is 0 Å². The van der Waals surface area contributed by atoms with E-state index in [2.05, 4.69) is 57.2 Å². The van der Waals surface area contributed by atoms with E-state index in [0.29, 0.717) is 0 Å². The van der Waals surface area contributed by atoms with Gasteiger partial charge in [0, 0.05) is 11.4 Å². The minimum atomic E-state index is 0.815. The Kier molecular flexibility index (Phi) is 6.41. The third kappa shape index (κ3) is 4.56. The molecule has 0 aliphatic heterocycles. The highest BCUT2D eigenvalue weighted by Crippen LogP contribution is 2.34. The predicted octanol–water partition coefficient (Wildman–Crippen LogP) is 6.92. The van der Waals surface area contributed by atoms with E-state index in [1.165, 1.54) is 64.6 Å². The van der Waals surface area contributed by atoms with Gasteiger partial charge in [-0.2, -0.15) is 0 Å². The number of aryl methyl sites for hydroxylation is 3. The molecule has 3 rings (SSSR count). The van der Waals surface area contributed by atoms with Crippen LogP contribution in [0.3, 0.4) is 0 Å². The van der Waals surface area contributed by atoms with Crippen molar-refractivity contribution in [2.24, 2.45) is 0 Å². The van der Waals surface area contributed by atoms with Crippen LogP contribution in [0.2, 0.25) is 0 Å². The van der Waals surface area contributed by atoms with Crippen LogP contribution in [0.25, 0.3) is 22.3 Å². The maximum Gasteiger partial charge on any atom is 0.0317 e. The fraction of sp³-hybridized carbons (Fsp3) is 0.308. The Morgan fingerprint density at radius 1 is 0.643 bits per heavy atom. The molecule has 0 spiro atoms. The van der Waals surface area contributed by atoms with Crippen LogP contribution >= 0.6 is 0 Å². The third-order valence-corrected chi connectivity index (χ3v) is 5.51. The molecule has 0 unspecified atom stereocenters. The van der Waals surface area contributed by atoms with Crippen LogP contribution in [-0.4, -0.2) is 0 Å². The number of hydrogen-bond acceptors (Lipinski definition) is 2. The lowest BCUT2D eigenvalue weighted by atomic mass is 9.89. The van der Waals surface area contributed by atoms with Gasteiger partial charge in [-0.25, -0.2) is 0 Å². The molecule has 0 aliphatic rings.